The Labute approximate surface area is 311 Å². The number of nitrogens with zero attached hydrogens (tertiary/aromatic N) is 2. The molecule has 1 aliphatic rings. The van der Waals surface area contributed by atoms with Crippen molar-refractivity contribution in [3.63, 3.8) is 0 Å². The van der Waals surface area contributed by atoms with Crippen LogP contribution in [0.15, 0.2) is 184 Å². The maximum atomic E-state index is 6.96. The van der Waals surface area contributed by atoms with Crippen LogP contribution >= 0.6 is 11.3 Å². The average Bonchev–Trinajstić information content (AvgIpc) is 3.79. The summed E-state index contributed by atoms with van der Waals surface area (Å²) in [5, 5.41) is 4.81. The lowest BCUT2D eigenvalue weighted by molar-refractivity contribution is 0.671. The number of para-hydroxylation sites is 2. The topological polar surface area (TPSA) is 37.9 Å². The smallest absolute Gasteiger partial charge is 0.160 e. The number of allylic oxidation sites excluding steroid dienone is 1. The van der Waals surface area contributed by atoms with E-state index in [1.165, 1.54) is 25.7 Å². The second kappa shape index (κ2) is 13.0. The third kappa shape index (κ3) is 5.51. The Morgan fingerprint density at radius 2 is 1.09 bits per heavy atom. The van der Waals surface area contributed by atoms with E-state index in [1.807, 2.05) is 35.6 Å². The number of fused-ring (bicyclic) bond motifs is 6. The Morgan fingerprint density at radius 1 is 0.509 bits per heavy atom. The zero-order valence-corrected chi connectivity index (χ0v) is 30.0. The predicted octanol–water partition coefficient (Wildman–Crippen LogP) is 13.6. The standard InChI is InChI=1S/C49H34N2OS/c1-31-28-29-43(50-49(33-16-6-3-7-17-33)51-45(31)32-14-4-2-5-15-32)35-19-10-18-34(30-35)36-21-11-22-38-39-23-12-24-40(47(39)52-46(36)38)42-26-13-25-41-37-20-8-9-27-44(37)53-48(41)42/h2-27,29-31H,28H2,1H3/b43-29+,50-49?,51-45?/t31-/m1/s1. The molecule has 252 valence electrons. The van der Waals surface area contributed by atoms with Crippen molar-refractivity contribution in [1.29, 1.82) is 0 Å². The number of hydrogen-bond acceptors (Lipinski definition) is 4. The molecule has 9 aromatic rings. The number of rotatable bonds is 5. The van der Waals surface area contributed by atoms with Gasteiger partial charge in [0.2, 0.25) is 0 Å². The Kier molecular flexibility index (Phi) is 7.70. The lowest BCUT2D eigenvalue weighted by Crippen LogP contribution is -2.17. The fourth-order valence-corrected chi connectivity index (χ4v) is 8.96. The van der Waals surface area contributed by atoms with Crippen molar-refractivity contribution in [1.82, 2.24) is 0 Å². The lowest BCUT2D eigenvalue weighted by atomic mass is 9.93. The van der Waals surface area contributed by atoms with E-state index in [0.717, 1.165) is 73.1 Å². The van der Waals surface area contributed by atoms with Gasteiger partial charge in [-0.1, -0.05) is 165 Å². The molecule has 7 aromatic carbocycles. The Morgan fingerprint density at radius 3 is 1.89 bits per heavy atom. The molecule has 0 saturated heterocycles. The normalized spacial score (nSPS) is 15.9. The fraction of sp³-hybridized carbons (Fsp3) is 0.0612. The molecular weight excluding hydrogens is 665 g/mol. The van der Waals surface area contributed by atoms with Crippen molar-refractivity contribution in [2.45, 2.75) is 13.3 Å². The van der Waals surface area contributed by atoms with Crippen molar-refractivity contribution in [2.24, 2.45) is 15.9 Å². The van der Waals surface area contributed by atoms with E-state index in [0.29, 0.717) is 5.84 Å². The first-order valence-corrected chi connectivity index (χ1v) is 19.0. The number of thiophene rings is 1. The van der Waals surface area contributed by atoms with E-state index in [2.05, 4.69) is 153 Å². The van der Waals surface area contributed by atoms with Gasteiger partial charge < -0.3 is 4.42 Å². The van der Waals surface area contributed by atoms with Gasteiger partial charge >= 0.3 is 0 Å². The highest BCUT2D eigenvalue weighted by Crippen LogP contribution is 2.44. The maximum Gasteiger partial charge on any atom is 0.160 e. The molecule has 0 bridgehead atoms. The molecule has 53 heavy (non-hydrogen) atoms. The van der Waals surface area contributed by atoms with Crippen LogP contribution in [-0.2, 0) is 0 Å². The molecule has 1 aliphatic heterocycles. The first kappa shape index (κ1) is 31.4. The third-order valence-corrected chi connectivity index (χ3v) is 11.6. The van der Waals surface area contributed by atoms with Gasteiger partial charge in [0, 0.05) is 64.7 Å². The minimum Gasteiger partial charge on any atom is -0.455 e. The van der Waals surface area contributed by atoms with Crippen LogP contribution in [0.2, 0.25) is 0 Å². The van der Waals surface area contributed by atoms with E-state index in [4.69, 9.17) is 14.4 Å². The van der Waals surface area contributed by atoms with Gasteiger partial charge in [-0.3, -0.25) is 0 Å². The van der Waals surface area contributed by atoms with Gasteiger partial charge in [-0.15, -0.1) is 11.3 Å². The quantitative estimate of drug-likeness (QED) is 0.176. The van der Waals surface area contributed by atoms with Crippen molar-refractivity contribution >= 4 is 70.7 Å². The molecule has 0 fully saturated rings. The molecular formula is C49H34N2OS. The molecule has 4 heteroatoms. The summed E-state index contributed by atoms with van der Waals surface area (Å²) in [5.74, 6) is 0.926. The molecule has 3 heterocycles. The summed E-state index contributed by atoms with van der Waals surface area (Å²) >= 11 is 1.85. The number of benzene rings is 7. The minimum atomic E-state index is 0.210. The Balaban J connectivity index is 1.10. The highest BCUT2D eigenvalue weighted by molar-refractivity contribution is 7.26. The van der Waals surface area contributed by atoms with E-state index < -0.39 is 0 Å². The van der Waals surface area contributed by atoms with Crippen LogP contribution in [0.1, 0.15) is 30.0 Å². The van der Waals surface area contributed by atoms with E-state index in [1.54, 1.807) is 0 Å². The van der Waals surface area contributed by atoms with Crippen LogP contribution in [-0.4, -0.2) is 11.5 Å². The highest BCUT2D eigenvalue weighted by Gasteiger charge is 2.20. The largest absolute Gasteiger partial charge is 0.455 e. The van der Waals surface area contributed by atoms with Gasteiger partial charge in [0.1, 0.15) is 11.2 Å². The van der Waals surface area contributed by atoms with Gasteiger partial charge in [0.15, 0.2) is 5.84 Å². The summed E-state index contributed by atoms with van der Waals surface area (Å²) in [7, 11) is 0. The SMILES string of the molecule is C[C@@H]1C/C=C(\c2cccc(-c3cccc4c3oc3c(-c5cccc6c5sc5ccccc56)cccc34)c2)N=C(c2ccccc2)N=C1c1ccccc1. The molecule has 10 rings (SSSR count). The summed E-state index contributed by atoms with van der Waals surface area (Å²) in [6.45, 7) is 2.25. The molecule has 0 aliphatic carbocycles. The summed E-state index contributed by atoms with van der Waals surface area (Å²) in [5.41, 5.74) is 11.4. The van der Waals surface area contributed by atoms with Crippen LogP contribution < -0.4 is 0 Å². The Bertz CT molecular complexity index is 2930. The lowest BCUT2D eigenvalue weighted by Gasteiger charge is -2.18. The average molecular weight is 699 g/mol. The van der Waals surface area contributed by atoms with Crippen molar-refractivity contribution in [3.05, 3.63) is 187 Å². The fourth-order valence-electron chi connectivity index (χ4n) is 7.73. The van der Waals surface area contributed by atoms with Crippen molar-refractivity contribution in [2.75, 3.05) is 0 Å². The molecule has 0 spiro atoms. The van der Waals surface area contributed by atoms with Crippen LogP contribution in [0.25, 0.3) is 70.1 Å². The molecule has 1 atom stereocenters. The summed E-state index contributed by atoms with van der Waals surface area (Å²) in [6, 6.07) is 57.8. The van der Waals surface area contributed by atoms with Gasteiger partial charge in [0.05, 0.1) is 11.4 Å². The number of furan rings is 1. The van der Waals surface area contributed by atoms with E-state index in [9.17, 15) is 0 Å². The van der Waals surface area contributed by atoms with Crippen molar-refractivity contribution < 1.29 is 4.42 Å². The molecule has 2 aromatic heterocycles. The molecule has 0 N–H and O–H groups in total. The predicted molar refractivity (Wildman–Crippen MR) is 225 cm³/mol. The van der Waals surface area contributed by atoms with Crippen LogP contribution in [0.4, 0.5) is 0 Å². The number of hydrogen-bond donors (Lipinski definition) is 0. The van der Waals surface area contributed by atoms with Gasteiger partial charge in [-0.2, -0.15) is 0 Å². The number of aliphatic imine (C=N–C) groups is 2. The second-order valence-corrected chi connectivity index (χ2v) is 14.8. The first-order valence-electron chi connectivity index (χ1n) is 18.1. The summed E-state index contributed by atoms with van der Waals surface area (Å²) < 4.78 is 9.54. The van der Waals surface area contributed by atoms with Crippen molar-refractivity contribution in [3.8, 4) is 22.3 Å². The number of amidine groups is 1. The van der Waals surface area contributed by atoms with Crippen LogP contribution in [0.3, 0.4) is 0 Å². The van der Waals surface area contributed by atoms with Gasteiger partial charge in [0.25, 0.3) is 0 Å². The zero-order chi connectivity index (χ0) is 35.3. The monoisotopic (exact) mass is 698 g/mol. The maximum absolute atomic E-state index is 6.96. The van der Waals surface area contributed by atoms with Crippen LogP contribution in [0.5, 0.6) is 0 Å². The molecule has 0 radical (unpaired) electrons. The molecule has 0 saturated carbocycles. The van der Waals surface area contributed by atoms with Crippen LogP contribution in [0, 0.1) is 5.92 Å². The summed E-state index contributed by atoms with van der Waals surface area (Å²) in [4.78, 5) is 10.5. The molecule has 0 unspecified atom stereocenters. The Hall–Kier alpha value is -6.36. The van der Waals surface area contributed by atoms with E-state index >= 15 is 0 Å². The van der Waals surface area contributed by atoms with Gasteiger partial charge in [-0.25, -0.2) is 9.98 Å². The summed E-state index contributed by atoms with van der Waals surface area (Å²) in [6.07, 6.45) is 3.10. The molecule has 3 nitrogen and oxygen atoms in total. The third-order valence-electron chi connectivity index (χ3n) is 10.4. The van der Waals surface area contributed by atoms with E-state index in [-0.39, 0.29) is 5.92 Å². The van der Waals surface area contributed by atoms with Gasteiger partial charge in [-0.05, 0) is 29.7 Å². The first-order chi connectivity index (χ1) is 26.2. The minimum absolute atomic E-state index is 0.210. The molecule has 0 amide bonds. The highest BCUT2D eigenvalue weighted by atomic mass is 32.1. The second-order valence-electron chi connectivity index (χ2n) is 13.7. The zero-order valence-electron chi connectivity index (χ0n) is 29.2.